The fourth-order valence-corrected chi connectivity index (χ4v) is 2.16. The molecule has 0 aliphatic carbocycles. The first-order valence-electron chi connectivity index (χ1n) is 4.83. The van der Waals surface area contributed by atoms with E-state index >= 15 is 0 Å². The van der Waals surface area contributed by atoms with Crippen LogP contribution in [0.4, 0.5) is 0 Å². The Hall–Kier alpha value is -1.57. The van der Waals surface area contributed by atoms with Crippen molar-refractivity contribution in [3.8, 4) is 17.5 Å². The summed E-state index contributed by atoms with van der Waals surface area (Å²) in [4.78, 5) is 8.48. The topological polar surface area (TPSA) is 49.6 Å². The second kappa shape index (κ2) is 5.17. The highest BCUT2D eigenvalue weighted by atomic mass is 35.5. The highest BCUT2D eigenvalue weighted by molar-refractivity contribution is 7.98. The Labute approximate surface area is 108 Å². The van der Waals surface area contributed by atoms with Crippen LogP contribution in [0.2, 0.25) is 5.15 Å². The van der Waals surface area contributed by atoms with E-state index in [2.05, 4.69) is 9.97 Å². The van der Waals surface area contributed by atoms with Gasteiger partial charge in [0.1, 0.15) is 16.7 Å². The number of nitrogens with zero attached hydrogens (tertiary/aromatic N) is 3. The van der Waals surface area contributed by atoms with E-state index in [1.165, 1.54) is 11.8 Å². The van der Waals surface area contributed by atoms with Crippen LogP contribution in [0, 0.1) is 11.3 Å². The van der Waals surface area contributed by atoms with E-state index in [4.69, 9.17) is 16.9 Å². The van der Waals surface area contributed by atoms with Gasteiger partial charge in [-0.2, -0.15) is 5.26 Å². The van der Waals surface area contributed by atoms with Crippen LogP contribution in [0.5, 0.6) is 0 Å². The number of rotatable bonds is 2. The van der Waals surface area contributed by atoms with E-state index in [-0.39, 0.29) is 5.15 Å². The molecule has 0 spiro atoms. The fourth-order valence-electron chi connectivity index (χ4n) is 1.37. The molecule has 0 aliphatic rings. The van der Waals surface area contributed by atoms with E-state index < -0.39 is 0 Å². The molecule has 0 radical (unpaired) electrons. The molecule has 2 rings (SSSR count). The van der Waals surface area contributed by atoms with Crippen molar-refractivity contribution in [1.82, 2.24) is 9.97 Å². The Morgan fingerprint density at radius 3 is 2.53 bits per heavy atom. The minimum atomic E-state index is 0.200. The SMILES string of the molecule is CSc1nc(-c2ccccc2)nc(Cl)c1C#N. The van der Waals surface area contributed by atoms with Gasteiger partial charge in [0, 0.05) is 5.56 Å². The van der Waals surface area contributed by atoms with Gasteiger partial charge in [-0.3, -0.25) is 0 Å². The largest absolute Gasteiger partial charge is 0.220 e. The maximum absolute atomic E-state index is 8.96. The summed E-state index contributed by atoms with van der Waals surface area (Å²) in [6, 6.07) is 11.6. The number of benzene rings is 1. The van der Waals surface area contributed by atoms with Gasteiger partial charge in [-0.25, -0.2) is 9.97 Å². The molecule has 0 fully saturated rings. The number of hydrogen-bond acceptors (Lipinski definition) is 4. The molecular formula is C12H8ClN3S. The van der Waals surface area contributed by atoms with Gasteiger partial charge in [-0.05, 0) is 6.26 Å². The average Bonchev–Trinajstić information content (AvgIpc) is 2.38. The molecule has 1 heterocycles. The Balaban J connectivity index is 2.59. The monoisotopic (exact) mass is 261 g/mol. The van der Waals surface area contributed by atoms with Gasteiger partial charge >= 0.3 is 0 Å². The van der Waals surface area contributed by atoms with E-state index in [0.717, 1.165) is 5.56 Å². The molecular weight excluding hydrogens is 254 g/mol. The Morgan fingerprint density at radius 1 is 1.24 bits per heavy atom. The van der Waals surface area contributed by atoms with Crippen molar-refractivity contribution in [2.45, 2.75) is 5.03 Å². The van der Waals surface area contributed by atoms with Crippen molar-refractivity contribution >= 4 is 23.4 Å². The highest BCUT2D eigenvalue weighted by Crippen LogP contribution is 2.26. The molecule has 0 saturated carbocycles. The average molecular weight is 262 g/mol. The molecule has 0 saturated heterocycles. The molecule has 0 amide bonds. The lowest BCUT2D eigenvalue weighted by Crippen LogP contribution is -1.96. The van der Waals surface area contributed by atoms with Crippen molar-refractivity contribution < 1.29 is 0 Å². The zero-order valence-corrected chi connectivity index (χ0v) is 10.6. The summed E-state index contributed by atoms with van der Waals surface area (Å²) < 4.78 is 0. The molecule has 0 atom stereocenters. The molecule has 17 heavy (non-hydrogen) atoms. The molecule has 84 valence electrons. The first kappa shape index (κ1) is 11.9. The number of aromatic nitrogens is 2. The van der Waals surface area contributed by atoms with E-state index in [1.807, 2.05) is 42.7 Å². The molecule has 1 aromatic heterocycles. The van der Waals surface area contributed by atoms with Crippen molar-refractivity contribution in [1.29, 1.82) is 5.26 Å². The van der Waals surface area contributed by atoms with Crippen LogP contribution in [0.25, 0.3) is 11.4 Å². The summed E-state index contributed by atoms with van der Waals surface area (Å²) in [6.45, 7) is 0. The molecule has 2 aromatic rings. The van der Waals surface area contributed by atoms with Crippen molar-refractivity contribution in [3.63, 3.8) is 0 Å². The molecule has 0 N–H and O–H groups in total. The zero-order chi connectivity index (χ0) is 12.3. The van der Waals surface area contributed by atoms with Crippen LogP contribution in [0.1, 0.15) is 5.56 Å². The molecule has 0 bridgehead atoms. The van der Waals surface area contributed by atoms with Gasteiger partial charge < -0.3 is 0 Å². The van der Waals surface area contributed by atoms with Crippen molar-refractivity contribution in [2.75, 3.05) is 6.26 Å². The first-order valence-corrected chi connectivity index (χ1v) is 6.43. The minimum absolute atomic E-state index is 0.200. The van der Waals surface area contributed by atoms with Gasteiger partial charge in [0.25, 0.3) is 0 Å². The molecule has 0 unspecified atom stereocenters. The first-order chi connectivity index (χ1) is 8.26. The minimum Gasteiger partial charge on any atom is -0.220 e. The van der Waals surface area contributed by atoms with Crippen LogP contribution < -0.4 is 0 Å². The van der Waals surface area contributed by atoms with Crippen LogP contribution in [-0.4, -0.2) is 16.2 Å². The molecule has 3 nitrogen and oxygen atoms in total. The summed E-state index contributed by atoms with van der Waals surface area (Å²) in [7, 11) is 0. The van der Waals surface area contributed by atoms with Crippen molar-refractivity contribution in [3.05, 3.63) is 41.0 Å². The third-order valence-corrected chi connectivity index (χ3v) is 3.12. The number of halogens is 1. The van der Waals surface area contributed by atoms with Crippen LogP contribution in [0.3, 0.4) is 0 Å². The van der Waals surface area contributed by atoms with Gasteiger partial charge in [-0.15, -0.1) is 11.8 Å². The standard InChI is InChI=1S/C12H8ClN3S/c1-17-12-9(7-14)10(13)15-11(16-12)8-5-3-2-4-6-8/h2-6H,1H3. The van der Waals surface area contributed by atoms with Gasteiger partial charge in [0.15, 0.2) is 11.0 Å². The summed E-state index contributed by atoms with van der Waals surface area (Å²) in [5.74, 6) is 0.541. The van der Waals surface area contributed by atoms with Crippen molar-refractivity contribution in [2.24, 2.45) is 0 Å². The Morgan fingerprint density at radius 2 is 1.94 bits per heavy atom. The predicted molar refractivity (Wildman–Crippen MR) is 69.0 cm³/mol. The lowest BCUT2D eigenvalue weighted by Gasteiger charge is -2.05. The predicted octanol–water partition coefficient (Wildman–Crippen LogP) is 3.39. The smallest absolute Gasteiger partial charge is 0.162 e. The normalized spacial score (nSPS) is 9.94. The van der Waals surface area contributed by atoms with E-state index in [0.29, 0.717) is 16.4 Å². The Bertz CT molecular complexity index is 578. The van der Waals surface area contributed by atoms with Gasteiger partial charge in [-0.1, -0.05) is 41.9 Å². The number of hydrogen-bond donors (Lipinski definition) is 0. The number of thioether (sulfide) groups is 1. The summed E-state index contributed by atoms with van der Waals surface area (Å²) in [5, 5.41) is 9.77. The summed E-state index contributed by atoms with van der Waals surface area (Å²) >= 11 is 7.36. The summed E-state index contributed by atoms with van der Waals surface area (Å²) in [6.07, 6.45) is 1.86. The maximum Gasteiger partial charge on any atom is 0.162 e. The van der Waals surface area contributed by atoms with Crippen LogP contribution >= 0.6 is 23.4 Å². The molecule has 1 aromatic carbocycles. The lowest BCUT2D eigenvalue weighted by atomic mass is 10.2. The number of nitriles is 1. The molecule has 5 heteroatoms. The highest BCUT2D eigenvalue weighted by Gasteiger charge is 2.12. The summed E-state index contributed by atoms with van der Waals surface area (Å²) in [5.41, 5.74) is 1.22. The fraction of sp³-hybridized carbons (Fsp3) is 0.0833. The third kappa shape index (κ3) is 2.41. The van der Waals surface area contributed by atoms with Crippen LogP contribution in [-0.2, 0) is 0 Å². The second-order valence-electron chi connectivity index (χ2n) is 3.20. The lowest BCUT2D eigenvalue weighted by molar-refractivity contribution is 1.04. The van der Waals surface area contributed by atoms with Gasteiger partial charge in [0.05, 0.1) is 0 Å². The molecule has 0 aliphatic heterocycles. The Kier molecular flexibility index (Phi) is 3.62. The zero-order valence-electron chi connectivity index (χ0n) is 9.01. The third-order valence-electron chi connectivity index (χ3n) is 2.17. The van der Waals surface area contributed by atoms with Crippen LogP contribution in [0.15, 0.2) is 35.4 Å². The van der Waals surface area contributed by atoms with Gasteiger partial charge in [0.2, 0.25) is 0 Å². The second-order valence-corrected chi connectivity index (χ2v) is 4.35. The maximum atomic E-state index is 8.96. The van der Waals surface area contributed by atoms with E-state index in [9.17, 15) is 0 Å². The quantitative estimate of drug-likeness (QED) is 0.614. The van der Waals surface area contributed by atoms with E-state index in [1.54, 1.807) is 0 Å².